The van der Waals surface area contributed by atoms with Crippen molar-refractivity contribution in [1.82, 2.24) is 9.88 Å². The summed E-state index contributed by atoms with van der Waals surface area (Å²) in [7, 11) is 0. The number of Topliss-reactive ketones (excluding diaryl/α,β-unsaturated/α-hetero) is 1. The molecular weight excluding hydrogens is 384 g/mol. The lowest BCUT2D eigenvalue weighted by Gasteiger charge is -2.25. The van der Waals surface area contributed by atoms with Crippen LogP contribution in [0.5, 0.6) is 0 Å². The summed E-state index contributed by atoms with van der Waals surface area (Å²) in [6.45, 7) is 0.0896. The zero-order chi connectivity index (χ0) is 20.7. The van der Waals surface area contributed by atoms with Crippen LogP contribution in [0, 0.1) is 0 Å². The molecule has 0 saturated heterocycles. The molecule has 0 saturated carbocycles. The number of carbonyl (C=O) groups excluding carboxylic acids is 2. The van der Waals surface area contributed by atoms with Crippen molar-refractivity contribution in [2.45, 2.75) is 12.6 Å². The summed E-state index contributed by atoms with van der Waals surface area (Å²) in [5.41, 5.74) is 1.11. The average Bonchev–Trinajstić information content (AvgIpc) is 3.49. The largest absolute Gasteiger partial charge is 0.503 e. The van der Waals surface area contributed by atoms with Gasteiger partial charge in [-0.05, 0) is 35.9 Å². The second kappa shape index (κ2) is 7.04. The summed E-state index contributed by atoms with van der Waals surface area (Å²) in [4.78, 5) is 31.8. The first-order valence-corrected chi connectivity index (χ1v) is 9.33. The zero-order valence-electron chi connectivity index (χ0n) is 15.7. The van der Waals surface area contributed by atoms with E-state index in [4.69, 9.17) is 8.83 Å². The van der Waals surface area contributed by atoms with Gasteiger partial charge in [0.25, 0.3) is 5.91 Å². The van der Waals surface area contributed by atoms with Gasteiger partial charge in [-0.3, -0.25) is 14.6 Å². The number of aromatic nitrogens is 1. The Hall–Kier alpha value is -4.13. The highest BCUT2D eigenvalue weighted by Crippen LogP contribution is 2.40. The number of carbonyl (C=O) groups is 2. The third-order valence-electron chi connectivity index (χ3n) is 5.10. The Morgan fingerprint density at radius 2 is 2.00 bits per heavy atom. The number of fused-ring (bicyclic) bond motifs is 1. The highest BCUT2D eigenvalue weighted by molar-refractivity contribution is 6.15. The Morgan fingerprint density at radius 3 is 2.73 bits per heavy atom. The topological polar surface area (TPSA) is 96.8 Å². The smallest absolute Gasteiger partial charge is 0.290 e. The van der Waals surface area contributed by atoms with E-state index in [1.807, 2.05) is 12.1 Å². The first-order valence-electron chi connectivity index (χ1n) is 9.33. The number of ketones is 1. The van der Waals surface area contributed by atoms with Gasteiger partial charge >= 0.3 is 0 Å². The number of benzene rings is 1. The predicted octanol–water partition coefficient (Wildman–Crippen LogP) is 4.20. The molecule has 1 aliphatic heterocycles. The van der Waals surface area contributed by atoms with E-state index in [1.165, 1.54) is 11.2 Å². The third kappa shape index (κ3) is 2.88. The summed E-state index contributed by atoms with van der Waals surface area (Å²) >= 11 is 0. The van der Waals surface area contributed by atoms with Crippen molar-refractivity contribution < 1.29 is 23.5 Å². The number of nitrogens with zero attached hydrogens (tertiary/aromatic N) is 2. The van der Waals surface area contributed by atoms with Crippen molar-refractivity contribution in [3.8, 4) is 0 Å². The lowest BCUT2D eigenvalue weighted by Crippen LogP contribution is -2.30. The van der Waals surface area contributed by atoms with Gasteiger partial charge in [0.15, 0.2) is 11.5 Å². The number of amides is 1. The highest BCUT2D eigenvalue weighted by Gasteiger charge is 2.45. The summed E-state index contributed by atoms with van der Waals surface area (Å²) in [6, 6.07) is 14.9. The van der Waals surface area contributed by atoms with Crippen LogP contribution in [0.4, 0.5) is 0 Å². The van der Waals surface area contributed by atoms with Crippen molar-refractivity contribution in [1.29, 1.82) is 0 Å². The van der Waals surface area contributed by atoms with Gasteiger partial charge in [0.2, 0.25) is 5.78 Å². The zero-order valence-corrected chi connectivity index (χ0v) is 15.7. The van der Waals surface area contributed by atoms with Gasteiger partial charge in [0.05, 0.1) is 24.4 Å². The molecule has 1 atom stereocenters. The molecular formula is C23H16N2O5. The highest BCUT2D eigenvalue weighted by atomic mass is 16.3. The number of pyridine rings is 1. The van der Waals surface area contributed by atoms with Gasteiger partial charge < -0.3 is 18.8 Å². The lowest BCUT2D eigenvalue weighted by atomic mass is 9.96. The van der Waals surface area contributed by atoms with Crippen molar-refractivity contribution in [3.63, 3.8) is 0 Å². The molecule has 0 fully saturated rings. The molecule has 148 valence electrons. The Bertz CT molecular complexity index is 1240. The van der Waals surface area contributed by atoms with Crippen LogP contribution in [0.2, 0.25) is 0 Å². The number of hydrogen-bond acceptors (Lipinski definition) is 6. The molecule has 0 spiro atoms. The number of para-hydroxylation sites is 1. The standard InChI is InChI=1S/C23H16N2O5/c26-21(18-11-14-5-1-2-8-17(14)30-18)19-20(15-6-3-9-24-12-15)25(23(28)22(19)27)13-16-7-4-10-29-16/h1-12,20,27H,13H2/t20-/m0/s1. The van der Waals surface area contributed by atoms with Crippen LogP contribution in [0.25, 0.3) is 11.0 Å². The van der Waals surface area contributed by atoms with E-state index >= 15 is 0 Å². The molecule has 1 amide bonds. The van der Waals surface area contributed by atoms with E-state index < -0.39 is 23.5 Å². The van der Waals surface area contributed by atoms with E-state index in [-0.39, 0.29) is 17.9 Å². The fourth-order valence-electron chi connectivity index (χ4n) is 3.73. The van der Waals surface area contributed by atoms with E-state index in [1.54, 1.807) is 54.9 Å². The Balaban J connectivity index is 1.60. The van der Waals surface area contributed by atoms with Crippen molar-refractivity contribution in [2.24, 2.45) is 0 Å². The van der Waals surface area contributed by atoms with Crippen LogP contribution in [0.3, 0.4) is 0 Å². The number of hydrogen-bond donors (Lipinski definition) is 1. The van der Waals surface area contributed by atoms with Gasteiger partial charge in [-0.25, -0.2) is 0 Å². The molecule has 1 N–H and O–H groups in total. The molecule has 4 heterocycles. The minimum Gasteiger partial charge on any atom is -0.503 e. The molecule has 0 radical (unpaired) electrons. The average molecular weight is 400 g/mol. The number of rotatable bonds is 5. The number of aliphatic hydroxyl groups excluding tert-OH is 1. The molecule has 5 rings (SSSR count). The molecule has 0 aliphatic carbocycles. The first kappa shape index (κ1) is 17.9. The second-order valence-electron chi connectivity index (χ2n) is 6.94. The molecule has 4 aromatic rings. The lowest BCUT2D eigenvalue weighted by molar-refractivity contribution is -0.130. The Morgan fingerprint density at radius 1 is 1.13 bits per heavy atom. The van der Waals surface area contributed by atoms with Crippen LogP contribution in [-0.4, -0.2) is 26.7 Å². The maximum absolute atomic E-state index is 13.4. The molecule has 3 aromatic heterocycles. The van der Waals surface area contributed by atoms with Crippen LogP contribution >= 0.6 is 0 Å². The van der Waals surface area contributed by atoms with E-state index in [9.17, 15) is 14.7 Å². The maximum atomic E-state index is 13.4. The second-order valence-corrected chi connectivity index (χ2v) is 6.94. The summed E-state index contributed by atoms with van der Waals surface area (Å²) in [6.07, 6.45) is 4.67. The summed E-state index contributed by atoms with van der Waals surface area (Å²) in [5, 5.41) is 11.4. The van der Waals surface area contributed by atoms with Crippen LogP contribution in [-0.2, 0) is 11.3 Å². The molecule has 1 aromatic carbocycles. The van der Waals surface area contributed by atoms with Crippen LogP contribution < -0.4 is 0 Å². The van der Waals surface area contributed by atoms with Gasteiger partial charge in [0, 0.05) is 17.8 Å². The molecule has 7 heteroatoms. The summed E-state index contributed by atoms with van der Waals surface area (Å²) < 4.78 is 11.1. The fraction of sp³-hybridized carbons (Fsp3) is 0.0870. The van der Waals surface area contributed by atoms with Crippen molar-refractivity contribution in [2.75, 3.05) is 0 Å². The first-order chi connectivity index (χ1) is 14.6. The maximum Gasteiger partial charge on any atom is 0.290 e. The Labute approximate surface area is 170 Å². The van der Waals surface area contributed by atoms with Crippen LogP contribution in [0.1, 0.15) is 27.9 Å². The van der Waals surface area contributed by atoms with E-state index in [0.717, 1.165) is 5.39 Å². The quantitative estimate of drug-likeness (QED) is 0.504. The minimum absolute atomic E-state index is 0.0430. The third-order valence-corrected chi connectivity index (χ3v) is 5.10. The Kier molecular flexibility index (Phi) is 4.21. The molecule has 0 bridgehead atoms. The van der Waals surface area contributed by atoms with E-state index in [0.29, 0.717) is 16.9 Å². The van der Waals surface area contributed by atoms with Crippen molar-refractivity contribution >= 4 is 22.7 Å². The minimum atomic E-state index is -0.822. The monoisotopic (exact) mass is 400 g/mol. The number of furan rings is 2. The number of aliphatic hydroxyl groups is 1. The SMILES string of the molecule is O=C(C1=C(O)C(=O)N(Cc2ccco2)[C@H]1c1cccnc1)c1cc2ccccc2o1. The van der Waals surface area contributed by atoms with Crippen molar-refractivity contribution in [3.05, 3.63) is 102 Å². The fourth-order valence-corrected chi connectivity index (χ4v) is 3.73. The molecule has 7 nitrogen and oxygen atoms in total. The van der Waals surface area contributed by atoms with Gasteiger partial charge in [-0.2, -0.15) is 0 Å². The van der Waals surface area contributed by atoms with E-state index in [2.05, 4.69) is 4.98 Å². The molecule has 30 heavy (non-hydrogen) atoms. The van der Waals surface area contributed by atoms with Gasteiger partial charge in [-0.15, -0.1) is 0 Å². The van der Waals surface area contributed by atoms with Gasteiger partial charge in [-0.1, -0.05) is 24.3 Å². The van der Waals surface area contributed by atoms with Gasteiger partial charge in [0.1, 0.15) is 11.3 Å². The van der Waals surface area contributed by atoms with Crippen LogP contribution in [0.15, 0.2) is 93.4 Å². The predicted molar refractivity (Wildman–Crippen MR) is 106 cm³/mol. The molecule has 1 aliphatic rings. The normalized spacial score (nSPS) is 16.6. The summed E-state index contributed by atoms with van der Waals surface area (Å²) in [5.74, 6) is -1.21. The molecule has 0 unspecified atom stereocenters.